The summed E-state index contributed by atoms with van der Waals surface area (Å²) >= 11 is 0. The number of aromatic nitrogens is 3. The highest BCUT2D eigenvalue weighted by atomic mass is 16.3. The third kappa shape index (κ3) is 5.45. The molecule has 8 aromatic carbocycles. The second-order valence-electron chi connectivity index (χ2n) is 14.0. The van der Waals surface area contributed by atoms with Crippen LogP contribution in [0.4, 0.5) is 0 Å². The zero-order valence-corrected chi connectivity index (χ0v) is 30.1. The van der Waals surface area contributed by atoms with Crippen LogP contribution in [0.3, 0.4) is 0 Å². The van der Waals surface area contributed by atoms with E-state index in [1.165, 1.54) is 0 Å². The number of fused-ring (bicyclic) bond motifs is 6. The van der Waals surface area contributed by atoms with Crippen LogP contribution in [0.15, 0.2) is 197 Å². The second-order valence-corrected chi connectivity index (χ2v) is 14.0. The Balaban J connectivity index is 0.925. The molecule has 0 amide bonds. The molecule has 3 heterocycles. The van der Waals surface area contributed by atoms with E-state index >= 15 is 0 Å². The Hall–Kier alpha value is -7.63. The molecule has 5 heteroatoms. The molecule has 0 aliphatic carbocycles. The minimum atomic E-state index is 0.593. The first-order chi connectivity index (χ1) is 27.7. The van der Waals surface area contributed by atoms with Gasteiger partial charge in [0.15, 0.2) is 17.5 Å². The van der Waals surface area contributed by atoms with E-state index in [1.807, 2.05) is 84.9 Å². The lowest BCUT2D eigenvalue weighted by Crippen LogP contribution is -2.00. The molecule has 0 atom stereocenters. The van der Waals surface area contributed by atoms with Crippen molar-refractivity contribution in [1.82, 2.24) is 15.0 Å². The highest BCUT2D eigenvalue weighted by Gasteiger charge is 2.17. The number of nitrogens with zero attached hydrogens (tertiary/aromatic N) is 3. The molecule has 0 bridgehead atoms. The predicted octanol–water partition coefficient (Wildman–Crippen LogP) is 13.7. The van der Waals surface area contributed by atoms with Gasteiger partial charge < -0.3 is 8.83 Å². The molecule has 5 nitrogen and oxygen atoms in total. The average molecular weight is 718 g/mol. The summed E-state index contributed by atoms with van der Waals surface area (Å²) in [6, 6.07) is 64.6. The van der Waals surface area contributed by atoms with Gasteiger partial charge in [-0.25, -0.2) is 15.0 Å². The minimum absolute atomic E-state index is 0.593. The molecule has 262 valence electrons. The summed E-state index contributed by atoms with van der Waals surface area (Å²) in [4.78, 5) is 14.7. The number of benzene rings is 8. The van der Waals surface area contributed by atoms with Crippen molar-refractivity contribution >= 4 is 43.9 Å². The van der Waals surface area contributed by atoms with Gasteiger partial charge in [0.2, 0.25) is 0 Å². The molecule has 11 rings (SSSR count). The maximum absolute atomic E-state index is 6.51. The smallest absolute Gasteiger partial charge is 0.164 e. The van der Waals surface area contributed by atoms with Crippen molar-refractivity contribution in [3.8, 4) is 67.5 Å². The molecule has 0 aliphatic rings. The predicted molar refractivity (Wildman–Crippen MR) is 227 cm³/mol. The monoisotopic (exact) mass is 717 g/mol. The van der Waals surface area contributed by atoms with Crippen molar-refractivity contribution in [2.75, 3.05) is 0 Å². The van der Waals surface area contributed by atoms with Crippen LogP contribution in [0.2, 0.25) is 0 Å². The lowest BCUT2D eigenvalue weighted by Gasteiger charge is -2.09. The molecule has 3 aromatic heterocycles. The van der Waals surface area contributed by atoms with E-state index in [0.29, 0.717) is 17.5 Å². The van der Waals surface area contributed by atoms with Gasteiger partial charge in [-0.1, -0.05) is 164 Å². The fourth-order valence-electron chi connectivity index (χ4n) is 7.80. The van der Waals surface area contributed by atoms with Gasteiger partial charge in [-0.05, 0) is 52.1 Å². The van der Waals surface area contributed by atoms with E-state index in [1.54, 1.807) is 0 Å². The van der Waals surface area contributed by atoms with Crippen molar-refractivity contribution in [3.05, 3.63) is 188 Å². The van der Waals surface area contributed by atoms with Gasteiger partial charge >= 0.3 is 0 Å². The maximum atomic E-state index is 6.51. The summed E-state index contributed by atoms with van der Waals surface area (Å²) in [6.45, 7) is 0. The van der Waals surface area contributed by atoms with Crippen molar-refractivity contribution in [2.45, 2.75) is 0 Å². The second kappa shape index (κ2) is 13.0. The first-order valence-corrected chi connectivity index (χ1v) is 18.7. The van der Waals surface area contributed by atoms with Crippen molar-refractivity contribution in [2.24, 2.45) is 0 Å². The van der Waals surface area contributed by atoms with Gasteiger partial charge in [0, 0.05) is 43.8 Å². The van der Waals surface area contributed by atoms with E-state index in [2.05, 4.69) is 103 Å². The number of rotatable bonds is 6. The summed E-state index contributed by atoms with van der Waals surface area (Å²) in [7, 11) is 0. The Bertz CT molecular complexity index is 3160. The molecular formula is C51H31N3O2. The average Bonchev–Trinajstić information content (AvgIpc) is 3.85. The van der Waals surface area contributed by atoms with E-state index in [9.17, 15) is 0 Å². The van der Waals surface area contributed by atoms with Crippen LogP contribution in [0.1, 0.15) is 0 Å². The number of hydrogen-bond acceptors (Lipinski definition) is 5. The highest BCUT2D eigenvalue weighted by Crippen LogP contribution is 2.40. The van der Waals surface area contributed by atoms with Crippen LogP contribution >= 0.6 is 0 Å². The normalized spacial score (nSPS) is 11.6. The lowest BCUT2D eigenvalue weighted by molar-refractivity contribution is 0.669. The van der Waals surface area contributed by atoms with Crippen LogP contribution in [-0.4, -0.2) is 15.0 Å². The topological polar surface area (TPSA) is 65.0 Å². The first-order valence-electron chi connectivity index (χ1n) is 18.7. The third-order valence-corrected chi connectivity index (χ3v) is 10.6. The summed E-state index contributed by atoms with van der Waals surface area (Å²) in [6.07, 6.45) is 0. The maximum Gasteiger partial charge on any atom is 0.164 e. The summed E-state index contributed by atoms with van der Waals surface area (Å²) in [5.41, 5.74) is 12.9. The van der Waals surface area contributed by atoms with E-state index < -0.39 is 0 Å². The Morgan fingerprint density at radius 1 is 0.286 bits per heavy atom. The zero-order valence-electron chi connectivity index (χ0n) is 30.1. The van der Waals surface area contributed by atoms with Gasteiger partial charge in [0.05, 0.1) is 0 Å². The molecule has 0 aliphatic heterocycles. The van der Waals surface area contributed by atoms with Crippen molar-refractivity contribution in [1.29, 1.82) is 0 Å². The molecule has 0 spiro atoms. The third-order valence-electron chi connectivity index (χ3n) is 10.6. The highest BCUT2D eigenvalue weighted by molar-refractivity contribution is 6.13. The minimum Gasteiger partial charge on any atom is -0.456 e. The quantitative estimate of drug-likeness (QED) is 0.171. The largest absolute Gasteiger partial charge is 0.456 e. The molecule has 0 saturated carbocycles. The zero-order chi connectivity index (χ0) is 37.0. The summed E-state index contributed by atoms with van der Waals surface area (Å²) < 4.78 is 12.8. The van der Waals surface area contributed by atoms with Gasteiger partial charge in [-0.2, -0.15) is 0 Å². The molecule has 56 heavy (non-hydrogen) atoms. The van der Waals surface area contributed by atoms with Crippen molar-refractivity contribution in [3.63, 3.8) is 0 Å². The van der Waals surface area contributed by atoms with Gasteiger partial charge in [-0.15, -0.1) is 0 Å². The lowest BCUT2D eigenvalue weighted by atomic mass is 9.95. The van der Waals surface area contributed by atoms with Gasteiger partial charge in [-0.3, -0.25) is 0 Å². The van der Waals surface area contributed by atoms with E-state index in [4.69, 9.17) is 23.8 Å². The summed E-state index contributed by atoms with van der Waals surface area (Å²) in [5, 5.41) is 4.39. The Labute approximate surface area is 322 Å². The number of hydrogen-bond donors (Lipinski definition) is 0. The van der Waals surface area contributed by atoms with Gasteiger partial charge in [0.25, 0.3) is 0 Å². The molecule has 0 radical (unpaired) electrons. The molecule has 11 aromatic rings. The van der Waals surface area contributed by atoms with Crippen LogP contribution in [-0.2, 0) is 0 Å². The molecule has 0 N–H and O–H groups in total. The van der Waals surface area contributed by atoms with Crippen molar-refractivity contribution < 1.29 is 8.83 Å². The van der Waals surface area contributed by atoms with Crippen LogP contribution in [0.5, 0.6) is 0 Å². The van der Waals surface area contributed by atoms with Gasteiger partial charge in [0.1, 0.15) is 22.3 Å². The molecule has 0 fully saturated rings. The Kier molecular flexibility index (Phi) is 7.42. The van der Waals surface area contributed by atoms with E-state index in [-0.39, 0.29) is 0 Å². The molecule has 0 unspecified atom stereocenters. The number of para-hydroxylation sites is 2. The van der Waals surface area contributed by atoms with Crippen LogP contribution in [0, 0.1) is 0 Å². The van der Waals surface area contributed by atoms with Crippen LogP contribution in [0.25, 0.3) is 111 Å². The molecular weight excluding hydrogens is 687 g/mol. The fourth-order valence-corrected chi connectivity index (χ4v) is 7.80. The summed E-state index contributed by atoms with van der Waals surface area (Å²) in [5.74, 6) is 1.85. The van der Waals surface area contributed by atoms with Crippen LogP contribution < -0.4 is 0 Å². The van der Waals surface area contributed by atoms with E-state index in [0.717, 1.165) is 93.9 Å². The Morgan fingerprint density at radius 3 is 1.46 bits per heavy atom. The standard InChI is InChI=1S/C51H31N3O2/c1-3-11-36(12-4-1)49-52-50(37-13-5-2-6-14-37)54-51(53-49)38-29-30-43-46(31-38)55-45-20-10-16-39(47(43)45)34-25-21-32(22-26-34)33-23-27-35(28-24-33)40-17-9-18-42-41-15-7-8-19-44(41)56-48(40)42/h1-31H. The SMILES string of the molecule is c1ccc(-c2nc(-c3ccccc3)nc(-c3ccc4c(c3)oc3cccc(-c5ccc(-c6ccc(-c7cccc8c7oc7ccccc78)cc6)cc5)c34)n2)cc1. The Morgan fingerprint density at radius 2 is 0.786 bits per heavy atom. The fraction of sp³-hybridized carbons (Fsp3) is 0. The number of furan rings is 2. The molecule has 0 saturated heterocycles. The first kappa shape index (κ1) is 31.9.